The van der Waals surface area contributed by atoms with E-state index in [1.165, 1.54) is 0 Å². The quantitative estimate of drug-likeness (QED) is 0.831. The minimum atomic E-state index is -1.28. The average molecular weight is 359 g/mol. The molecule has 134 valence electrons. The zero-order valence-electron chi connectivity index (χ0n) is 14.4. The fraction of sp³-hybridized carbons (Fsp3) is 0.211. The van der Waals surface area contributed by atoms with E-state index in [4.69, 9.17) is 10.5 Å². The van der Waals surface area contributed by atoms with Crippen LogP contribution in [0.5, 0.6) is 5.75 Å². The molecule has 0 bridgehead atoms. The molecule has 0 aliphatic carbocycles. The Kier molecular flexibility index (Phi) is 4.28. The Hall–Kier alpha value is -3.14. The van der Waals surface area contributed by atoms with Crippen molar-refractivity contribution in [1.82, 2.24) is 0 Å². The number of fused-ring (bicyclic) bond motifs is 1. The molecule has 26 heavy (non-hydrogen) atoms. The average Bonchev–Trinajstić information content (AvgIpc) is 2.61. The molecule has 0 spiro atoms. The molecule has 1 atom stereocenters. The number of anilines is 1. The van der Waals surface area contributed by atoms with Crippen LogP contribution in [0.1, 0.15) is 22.6 Å². The topological polar surface area (TPSA) is 62.3 Å². The summed E-state index contributed by atoms with van der Waals surface area (Å²) < 4.78 is 48.3. The van der Waals surface area contributed by atoms with E-state index in [2.05, 4.69) is 0 Å². The molecule has 0 fully saturated rings. The number of benzene rings is 2. The van der Waals surface area contributed by atoms with E-state index >= 15 is 0 Å². The van der Waals surface area contributed by atoms with E-state index in [0.717, 1.165) is 18.7 Å². The first kappa shape index (κ1) is 17.7. The Labute approximate surface area is 148 Å². The number of halogens is 3. The van der Waals surface area contributed by atoms with Crippen molar-refractivity contribution in [1.29, 1.82) is 5.26 Å². The molecule has 0 saturated carbocycles. The fourth-order valence-electron chi connectivity index (χ4n) is 2.96. The molecular weight excluding hydrogens is 343 g/mol. The maximum Gasteiger partial charge on any atom is 0.205 e. The molecule has 1 aliphatic heterocycles. The molecule has 0 saturated heterocycles. The second-order valence-electron chi connectivity index (χ2n) is 6.24. The molecule has 1 aliphatic rings. The maximum atomic E-state index is 14.6. The van der Waals surface area contributed by atoms with Crippen LogP contribution in [0, 0.1) is 35.7 Å². The van der Waals surface area contributed by atoms with Crippen molar-refractivity contribution in [3.05, 3.63) is 69.9 Å². The smallest absolute Gasteiger partial charge is 0.205 e. The fourth-order valence-corrected chi connectivity index (χ4v) is 2.96. The number of nitrogens with zero attached hydrogens (tertiary/aromatic N) is 2. The van der Waals surface area contributed by atoms with Gasteiger partial charge in [-0.05, 0) is 19.1 Å². The number of nitrogens with two attached hydrogens (primary N) is 1. The van der Waals surface area contributed by atoms with Crippen LogP contribution in [0.4, 0.5) is 18.9 Å². The highest BCUT2D eigenvalue weighted by molar-refractivity contribution is 5.61. The lowest BCUT2D eigenvalue weighted by Gasteiger charge is -2.28. The number of nitriles is 1. The highest BCUT2D eigenvalue weighted by atomic mass is 19.2. The first-order valence-corrected chi connectivity index (χ1v) is 7.79. The predicted molar refractivity (Wildman–Crippen MR) is 91.1 cm³/mol. The summed E-state index contributed by atoms with van der Waals surface area (Å²) in [4.78, 5) is 1.82. The summed E-state index contributed by atoms with van der Waals surface area (Å²) in [7, 11) is 3.65. The molecule has 0 radical (unpaired) electrons. The van der Waals surface area contributed by atoms with Crippen molar-refractivity contribution in [3.63, 3.8) is 0 Å². The third-order valence-electron chi connectivity index (χ3n) is 4.45. The van der Waals surface area contributed by atoms with Gasteiger partial charge in [-0.3, -0.25) is 0 Å². The van der Waals surface area contributed by atoms with Gasteiger partial charge in [0.25, 0.3) is 0 Å². The van der Waals surface area contributed by atoms with Crippen LogP contribution in [0.2, 0.25) is 0 Å². The van der Waals surface area contributed by atoms with Crippen molar-refractivity contribution in [2.24, 2.45) is 5.73 Å². The Bertz CT molecular complexity index is 977. The molecule has 0 aromatic heterocycles. The van der Waals surface area contributed by atoms with Crippen LogP contribution in [0.15, 0.2) is 35.7 Å². The first-order chi connectivity index (χ1) is 12.3. The molecule has 2 aromatic carbocycles. The summed E-state index contributed by atoms with van der Waals surface area (Å²) in [5.74, 6) is -4.37. The molecule has 1 heterocycles. The van der Waals surface area contributed by atoms with Gasteiger partial charge in [-0.15, -0.1) is 0 Å². The Morgan fingerprint density at radius 1 is 1.12 bits per heavy atom. The lowest BCUT2D eigenvalue weighted by Crippen LogP contribution is -2.22. The van der Waals surface area contributed by atoms with Crippen molar-refractivity contribution >= 4 is 5.69 Å². The predicted octanol–water partition coefficient (Wildman–Crippen LogP) is 3.70. The van der Waals surface area contributed by atoms with E-state index in [0.29, 0.717) is 11.3 Å². The summed E-state index contributed by atoms with van der Waals surface area (Å²) in [6, 6.07) is 7.81. The van der Waals surface area contributed by atoms with Crippen LogP contribution in [0.3, 0.4) is 0 Å². The zero-order chi connectivity index (χ0) is 19.2. The minimum absolute atomic E-state index is 0.100. The van der Waals surface area contributed by atoms with E-state index in [1.807, 2.05) is 25.1 Å². The third-order valence-corrected chi connectivity index (χ3v) is 4.45. The summed E-state index contributed by atoms with van der Waals surface area (Å²) in [5.41, 5.74) is 6.20. The molecule has 3 rings (SSSR count). The number of allylic oxidation sites excluding steroid dienone is 1. The van der Waals surface area contributed by atoms with Gasteiger partial charge in [0, 0.05) is 42.5 Å². The SMILES string of the molecule is Cc1c(F)cc(C2C(C#N)=C(N)Oc3cc(N(C)C)ccc32)c(F)c1F. The number of hydrogen-bond acceptors (Lipinski definition) is 4. The van der Waals surface area contributed by atoms with Gasteiger partial charge in [-0.1, -0.05) is 6.07 Å². The van der Waals surface area contributed by atoms with Gasteiger partial charge in [-0.2, -0.15) is 5.26 Å². The van der Waals surface area contributed by atoms with Gasteiger partial charge in [0.05, 0.1) is 5.92 Å². The Morgan fingerprint density at radius 2 is 1.81 bits per heavy atom. The standard InChI is InChI=1S/C19H16F3N3O/c1-9-14(20)7-12(18(22)17(9)21)16-11-5-4-10(25(2)3)6-15(11)26-19(24)13(16)8-23/h4-7,16H,24H2,1-3H3. The van der Waals surface area contributed by atoms with Gasteiger partial charge >= 0.3 is 0 Å². The normalized spacial score (nSPS) is 16.0. The van der Waals surface area contributed by atoms with Crippen molar-refractivity contribution in [2.45, 2.75) is 12.8 Å². The van der Waals surface area contributed by atoms with Crippen LogP contribution >= 0.6 is 0 Å². The Morgan fingerprint density at radius 3 is 2.42 bits per heavy atom. The number of rotatable bonds is 2. The van der Waals surface area contributed by atoms with E-state index in [1.54, 1.807) is 18.2 Å². The first-order valence-electron chi connectivity index (χ1n) is 7.79. The highest BCUT2D eigenvalue weighted by Gasteiger charge is 2.34. The summed E-state index contributed by atoms with van der Waals surface area (Å²) >= 11 is 0. The molecule has 2 aromatic rings. The van der Waals surface area contributed by atoms with Gasteiger partial charge in [-0.25, -0.2) is 13.2 Å². The second kappa shape index (κ2) is 6.30. The molecule has 4 nitrogen and oxygen atoms in total. The molecule has 2 N–H and O–H groups in total. The van der Waals surface area contributed by atoms with Crippen molar-refractivity contribution in [2.75, 3.05) is 19.0 Å². The third kappa shape index (κ3) is 2.64. The molecule has 1 unspecified atom stereocenters. The minimum Gasteiger partial charge on any atom is -0.440 e. The monoisotopic (exact) mass is 359 g/mol. The highest BCUT2D eigenvalue weighted by Crippen LogP contribution is 2.44. The molecule has 7 heteroatoms. The zero-order valence-corrected chi connectivity index (χ0v) is 14.4. The van der Waals surface area contributed by atoms with E-state index in [9.17, 15) is 18.4 Å². The van der Waals surface area contributed by atoms with E-state index in [-0.39, 0.29) is 17.0 Å². The lowest BCUT2D eigenvalue weighted by molar-refractivity contribution is 0.390. The number of ether oxygens (including phenoxy) is 1. The molecule has 0 amide bonds. The Balaban J connectivity index is 2.29. The largest absolute Gasteiger partial charge is 0.440 e. The summed E-state index contributed by atoms with van der Waals surface area (Å²) in [5, 5.41) is 9.46. The molecular formula is C19H16F3N3O. The lowest BCUT2D eigenvalue weighted by atomic mass is 9.82. The van der Waals surface area contributed by atoms with Crippen molar-refractivity contribution < 1.29 is 17.9 Å². The maximum absolute atomic E-state index is 14.6. The number of hydrogen-bond donors (Lipinski definition) is 1. The second-order valence-corrected chi connectivity index (χ2v) is 6.24. The van der Waals surface area contributed by atoms with Gasteiger partial charge in [0.2, 0.25) is 5.88 Å². The van der Waals surface area contributed by atoms with Gasteiger partial charge in [0.15, 0.2) is 11.6 Å². The van der Waals surface area contributed by atoms with Crippen LogP contribution in [0.25, 0.3) is 0 Å². The van der Waals surface area contributed by atoms with Crippen molar-refractivity contribution in [3.8, 4) is 11.8 Å². The summed E-state index contributed by atoms with van der Waals surface area (Å²) in [6.45, 7) is 1.15. The van der Waals surface area contributed by atoms with Gasteiger partial charge in [0.1, 0.15) is 23.2 Å². The van der Waals surface area contributed by atoms with Crippen LogP contribution < -0.4 is 15.4 Å². The van der Waals surface area contributed by atoms with E-state index < -0.39 is 28.9 Å². The summed E-state index contributed by atoms with van der Waals surface area (Å²) in [6.07, 6.45) is 0. The van der Waals surface area contributed by atoms with Crippen LogP contribution in [-0.4, -0.2) is 14.1 Å². The van der Waals surface area contributed by atoms with Crippen LogP contribution in [-0.2, 0) is 0 Å². The van der Waals surface area contributed by atoms with Gasteiger partial charge < -0.3 is 15.4 Å².